The molecule has 25 heavy (non-hydrogen) atoms. The molecule has 1 aliphatic rings. The number of ketones is 1. The maximum atomic E-state index is 12.3. The molecule has 6 nitrogen and oxygen atoms in total. The van der Waals surface area contributed by atoms with Crippen LogP contribution in [0.15, 0.2) is 54.6 Å². The highest BCUT2D eigenvalue weighted by atomic mass is 16.6. The molecule has 1 heterocycles. The van der Waals surface area contributed by atoms with E-state index >= 15 is 0 Å². The molecule has 126 valence electrons. The summed E-state index contributed by atoms with van der Waals surface area (Å²) in [5, 5.41) is 11.0. The molecule has 1 amide bonds. The number of carbonyl (C=O) groups is 2. The van der Waals surface area contributed by atoms with Crippen LogP contribution in [0.5, 0.6) is 0 Å². The van der Waals surface area contributed by atoms with Gasteiger partial charge in [0, 0.05) is 30.3 Å². The molecular formula is C19H16N2O4. The van der Waals surface area contributed by atoms with Gasteiger partial charge >= 0.3 is 0 Å². The lowest BCUT2D eigenvalue weighted by Crippen LogP contribution is -2.23. The van der Waals surface area contributed by atoms with E-state index in [9.17, 15) is 19.7 Å². The molecule has 0 spiro atoms. The predicted octanol–water partition coefficient (Wildman–Crippen LogP) is 3.62. The molecule has 1 fully saturated rings. The Balaban J connectivity index is 1.75. The Morgan fingerprint density at radius 3 is 2.48 bits per heavy atom. The highest BCUT2D eigenvalue weighted by Gasteiger charge is 2.21. The van der Waals surface area contributed by atoms with Crippen LogP contribution in [-0.2, 0) is 4.79 Å². The molecule has 0 aromatic heterocycles. The Bertz CT molecular complexity index is 856. The second kappa shape index (κ2) is 7.09. The average molecular weight is 336 g/mol. The van der Waals surface area contributed by atoms with Gasteiger partial charge in [0.1, 0.15) is 0 Å². The van der Waals surface area contributed by atoms with Gasteiger partial charge in [0.15, 0.2) is 5.78 Å². The average Bonchev–Trinajstić information content (AvgIpc) is 3.06. The Morgan fingerprint density at radius 1 is 1.12 bits per heavy atom. The monoisotopic (exact) mass is 336 g/mol. The number of allylic oxidation sites excluding steroid dienone is 1. The van der Waals surface area contributed by atoms with E-state index in [1.165, 1.54) is 18.2 Å². The van der Waals surface area contributed by atoms with Gasteiger partial charge < -0.3 is 4.90 Å². The van der Waals surface area contributed by atoms with Crippen LogP contribution >= 0.6 is 0 Å². The van der Waals surface area contributed by atoms with Crippen molar-refractivity contribution in [3.05, 3.63) is 75.8 Å². The van der Waals surface area contributed by atoms with Gasteiger partial charge in [0.2, 0.25) is 5.91 Å². The third kappa shape index (κ3) is 3.63. The minimum absolute atomic E-state index is 0.0468. The Labute approximate surface area is 144 Å². The Morgan fingerprint density at radius 2 is 1.84 bits per heavy atom. The zero-order valence-corrected chi connectivity index (χ0v) is 13.4. The minimum atomic E-state index is -0.480. The number of hydrogen-bond donors (Lipinski definition) is 0. The lowest BCUT2D eigenvalue weighted by Gasteiger charge is -2.15. The molecule has 0 bridgehead atoms. The van der Waals surface area contributed by atoms with Crippen LogP contribution in [0.1, 0.15) is 28.8 Å². The molecule has 6 heteroatoms. The molecule has 2 aromatic rings. The number of para-hydroxylation sites is 1. The molecule has 3 rings (SSSR count). The van der Waals surface area contributed by atoms with E-state index in [4.69, 9.17) is 0 Å². The summed E-state index contributed by atoms with van der Waals surface area (Å²) in [6, 6.07) is 13.1. The molecule has 1 aliphatic heterocycles. The van der Waals surface area contributed by atoms with Gasteiger partial charge in [-0.05, 0) is 48.9 Å². The number of anilines is 1. The van der Waals surface area contributed by atoms with Crippen molar-refractivity contribution in [2.75, 3.05) is 11.4 Å². The second-order valence-corrected chi connectivity index (χ2v) is 5.71. The first kappa shape index (κ1) is 16.6. The first-order valence-corrected chi connectivity index (χ1v) is 7.92. The smallest absolute Gasteiger partial charge is 0.276 e. The topological polar surface area (TPSA) is 80.5 Å². The molecule has 0 aliphatic carbocycles. The van der Waals surface area contributed by atoms with E-state index in [1.807, 2.05) is 0 Å². The number of carbonyl (C=O) groups excluding carboxylic acids is 2. The van der Waals surface area contributed by atoms with Crippen LogP contribution in [-0.4, -0.2) is 23.2 Å². The molecule has 0 N–H and O–H groups in total. The third-order valence-electron chi connectivity index (χ3n) is 4.08. The maximum absolute atomic E-state index is 12.3. The van der Waals surface area contributed by atoms with Crippen LogP contribution in [0, 0.1) is 10.1 Å². The number of nitro groups is 1. The summed E-state index contributed by atoms with van der Waals surface area (Å²) < 4.78 is 0. The minimum Gasteiger partial charge on any atom is -0.312 e. The van der Waals surface area contributed by atoms with E-state index in [1.54, 1.807) is 47.4 Å². The SMILES string of the molecule is O=C(/C=C/c1ccccc1[N+](=O)[O-])c1ccc(N2CCCC2=O)cc1. The van der Waals surface area contributed by atoms with Crippen LogP contribution in [0.25, 0.3) is 6.08 Å². The number of amides is 1. The molecule has 0 atom stereocenters. The lowest BCUT2D eigenvalue weighted by molar-refractivity contribution is -0.385. The summed E-state index contributed by atoms with van der Waals surface area (Å²) in [5.41, 5.74) is 1.57. The van der Waals surface area contributed by atoms with Crippen molar-refractivity contribution in [2.45, 2.75) is 12.8 Å². The van der Waals surface area contributed by atoms with Crippen molar-refractivity contribution in [3.63, 3.8) is 0 Å². The van der Waals surface area contributed by atoms with E-state index in [-0.39, 0.29) is 17.4 Å². The fourth-order valence-electron chi connectivity index (χ4n) is 2.78. The number of rotatable bonds is 5. The fraction of sp³-hybridized carbons (Fsp3) is 0.158. The van der Waals surface area contributed by atoms with Gasteiger partial charge in [-0.1, -0.05) is 12.1 Å². The highest BCUT2D eigenvalue weighted by Crippen LogP contribution is 2.22. The molecular weight excluding hydrogens is 320 g/mol. The van der Waals surface area contributed by atoms with Crippen molar-refractivity contribution in [2.24, 2.45) is 0 Å². The maximum Gasteiger partial charge on any atom is 0.276 e. The zero-order valence-electron chi connectivity index (χ0n) is 13.4. The largest absolute Gasteiger partial charge is 0.312 e. The summed E-state index contributed by atoms with van der Waals surface area (Å²) in [4.78, 5) is 36.2. The summed E-state index contributed by atoms with van der Waals surface area (Å²) in [6.45, 7) is 0.698. The molecule has 1 saturated heterocycles. The highest BCUT2D eigenvalue weighted by molar-refractivity contribution is 6.07. The van der Waals surface area contributed by atoms with Crippen LogP contribution in [0.2, 0.25) is 0 Å². The second-order valence-electron chi connectivity index (χ2n) is 5.71. The number of benzene rings is 2. The predicted molar refractivity (Wildman–Crippen MR) is 94.5 cm³/mol. The zero-order chi connectivity index (χ0) is 17.8. The summed E-state index contributed by atoms with van der Waals surface area (Å²) in [6.07, 6.45) is 4.16. The van der Waals surface area contributed by atoms with Gasteiger partial charge in [-0.25, -0.2) is 0 Å². The van der Waals surface area contributed by atoms with Gasteiger partial charge in [0.25, 0.3) is 5.69 Å². The fourth-order valence-corrected chi connectivity index (χ4v) is 2.78. The van der Waals surface area contributed by atoms with Gasteiger partial charge in [0.05, 0.1) is 10.5 Å². The van der Waals surface area contributed by atoms with E-state index in [0.717, 1.165) is 12.1 Å². The summed E-state index contributed by atoms with van der Waals surface area (Å²) >= 11 is 0. The van der Waals surface area contributed by atoms with Crippen LogP contribution in [0.4, 0.5) is 11.4 Å². The van der Waals surface area contributed by atoms with E-state index < -0.39 is 4.92 Å². The van der Waals surface area contributed by atoms with Crippen molar-refractivity contribution in [1.29, 1.82) is 0 Å². The quantitative estimate of drug-likeness (QED) is 0.361. The van der Waals surface area contributed by atoms with Crippen molar-refractivity contribution in [3.8, 4) is 0 Å². The summed E-state index contributed by atoms with van der Waals surface area (Å²) in [5.74, 6) is -0.159. The van der Waals surface area contributed by atoms with Gasteiger partial charge in [-0.2, -0.15) is 0 Å². The van der Waals surface area contributed by atoms with Crippen molar-refractivity contribution in [1.82, 2.24) is 0 Å². The van der Waals surface area contributed by atoms with Gasteiger partial charge in [-0.15, -0.1) is 0 Å². The van der Waals surface area contributed by atoms with Crippen molar-refractivity contribution < 1.29 is 14.5 Å². The van der Waals surface area contributed by atoms with Gasteiger partial charge in [-0.3, -0.25) is 19.7 Å². The first-order valence-electron chi connectivity index (χ1n) is 7.92. The molecule has 0 saturated carbocycles. The first-order chi connectivity index (χ1) is 12.1. The molecule has 0 unspecified atom stereocenters. The molecule has 2 aromatic carbocycles. The third-order valence-corrected chi connectivity index (χ3v) is 4.08. The number of nitrogens with zero attached hydrogens (tertiary/aromatic N) is 2. The van der Waals surface area contributed by atoms with Crippen molar-refractivity contribution >= 4 is 29.1 Å². The number of nitro benzene ring substituents is 1. The normalized spacial score (nSPS) is 14.2. The standard InChI is InChI=1S/C19H16N2O4/c22-18(12-9-14-4-1-2-5-17(14)21(24)25)15-7-10-16(11-8-15)20-13-3-6-19(20)23/h1-2,4-5,7-12H,3,6,13H2/b12-9+. The van der Waals surface area contributed by atoms with Crippen LogP contribution in [0.3, 0.4) is 0 Å². The molecule has 0 radical (unpaired) electrons. The van der Waals surface area contributed by atoms with E-state index in [2.05, 4.69) is 0 Å². The van der Waals surface area contributed by atoms with Crippen LogP contribution < -0.4 is 4.90 Å². The lowest BCUT2D eigenvalue weighted by atomic mass is 10.1. The Hall–Kier alpha value is -3.28. The Kier molecular flexibility index (Phi) is 4.70. The number of hydrogen-bond acceptors (Lipinski definition) is 4. The summed E-state index contributed by atoms with van der Waals surface area (Å²) in [7, 11) is 0. The van der Waals surface area contributed by atoms with E-state index in [0.29, 0.717) is 24.1 Å².